The van der Waals surface area contributed by atoms with E-state index < -0.39 is 0 Å². The Morgan fingerprint density at radius 2 is 0.848 bits per heavy atom. The first-order valence-electron chi connectivity index (χ1n) is 15.5. The fraction of sp³-hybridized carbons (Fsp3) is 0. The van der Waals surface area contributed by atoms with Gasteiger partial charge in [0.2, 0.25) is 0 Å². The zero-order valence-electron chi connectivity index (χ0n) is 24.9. The van der Waals surface area contributed by atoms with Gasteiger partial charge in [0.15, 0.2) is 17.5 Å². The van der Waals surface area contributed by atoms with E-state index in [1.807, 2.05) is 6.07 Å². The van der Waals surface area contributed by atoms with Crippen molar-refractivity contribution in [3.05, 3.63) is 164 Å². The number of nitrogens with zero attached hydrogens (tertiary/aromatic N) is 3. The molecule has 0 radical (unpaired) electrons. The molecule has 214 valence electrons. The molecule has 1 aromatic heterocycles. The maximum atomic E-state index is 5.14. The molecule has 0 fully saturated rings. The van der Waals surface area contributed by atoms with Crippen LogP contribution in [0.1, 0.15) is 0 Å². The Labute approximate surface area is 266 Å². The summed E-state index contributed by atoms with van der Waals surface area (Å²) >= 11 is 0. The highest BCUT2D eigenvalue weighted by Crippen LogP contribution is 2.37. The Bertz CT molecular complexity index is 2570. The largest absolute Gasteiger partial charge is 0.208 e. The van der Waals surface area contributed by atoms with Crippen molar-refractivity contribution in [2.24, 2.45) is 0 Å². The number of aromatic nitrogens is 3. The van der Waals surface area contributed by atoms with Gasteiger partial charge in [0.05, 0.1) is 0 Å². The molecule has 0 spiro atoms. The van der Waals surface area contributed by atoms with E-state index >= 15 is 0 Å². The van der Waals surface area contributed by atoms with Crippen molar-refractivity contribution in [1.29, 1.82) is 0 Å². The fourth-order valence-electron chi connectivity index (χ4n) is 6.58. The third-order valence-electron chi connectivity index (χ3n) is 8.90. The Balaban J connectivity index is 1.26. The third kappa shape index (κ3) is 4.49. The summed E-state index contributed by atoms with van der Waals surface area (Å²) in [4.78, 5) is 15.3. The van der Waals surface area contributed by atoms with Gasteiger partial charge in [0.1, 0.15) is 0 Å². The zero-order chi connectivity index (χ0) is 30.5. The number of benzene rings is 8. The number of hydrogen-bond acceptors (Lipinski definition) is 3. The molecule has 9 aromatic rings. The minimum absolute atomic E-state index is 0.649. The van der Waals surface area contributed by atoms with Crippen molar-refractivity contribution < 1.29 is 0 Å². The summed E-state index contributed by atoms with van der Waals surface area (Å²) in [5.41, 5.74) is 5.22. The van der Waals surface area contributed by atoms with Gasteiger partial charge in [-0.1, -0.05) is 158 Å². The summed E-state index contributed by atoms with van der Waals surface area (Å²) in [6.45, 7) is 0. The quantitative estimate of drug-likeness (QED) is 0.193. The SMILES string of the molecule is c1ccc(-c2ccc(-c3nc(-c4ccc5ccccc5c4)nc(-c4cccc5c4ccc4ccc6ccccc6c45)n3)cc2)cc1. The molecule has 0 amide bonds. The van der Waals surface area contributed by atoms with Gasteiger partial charge in [0.25, 0.3) is 0 Å². The molecule has 0 saturated carbocycles. The molecule has 46 heavy (non-hydrogen) atoms. The Morgan fingerprint density at radius 1 is 0.283 bits per heavy atom. The van der Waals surface area contributed by atoms with Gasteiger partial charge in [-0.3, -0.25) is 0 Å². The van der Waals surface area contributed by atoms with Crippen LogP contribution in [0.4, 0.5) is 0 Å². The van der Waals surface area contributed by atoms with E-state index in [1.54, 1.807) is 0 Å². The van der Waals surface area contributed by atoms with Crippen LogP contribution >= 0.6 is 0 Å². The minimum Gasteiger partial charge on any atom is -0.208 e. The molecule has 9 rings (SSSR count). The molecule has 3 heteroatoms. The Hall–Kier alpha value is -6.19. The van der Waals surface area contributed by atoms with Crippen LogP contribution in [0.5, 0.6) is 0 Å². The molecule has 0 unspecified atom stereocenters. The van der Waals surface area contributed by atoms with Gasteiger partial charge in [-0.2, -0.15) is 0 Å². The average Bonchev–Trinajstić information content (AvgIpc) is 3.14. The van der Waals surface area contributed by atoms with Crippen molar-refractivity contribution in [2.75, 3.05) is 0 Å². The molecule has 1 heterocycles. The fourth-order valence-corrected chi connectivity index (χ4v) is 6.58. The summed E-state index contributed by atoms with van der Waals surface area (Å²) in [6, 6.07) is 57.6. The van der Waals surface area contributed by atoms with Gasteiger partial charge >= 0.3 is 0 Å². The lowest BCUT2D eigenvalue weighted by molar-refractivity contribution is 1.08. The summed E-state index contributed by atoms with van der Waals surface area (Å²) in [7, 11) is 0. The van der Waals surface area contributed by atoms with Crippen LogP contribution in [0, 0.1) is 0 Å². The maximum absolute atomic E-state index is 5.14. The van der Waals surface area contributed by atoms with Gasteiger partial charge in [0, 0.05) is 16.7 Å². The molecule has 8 aromatic carbocycles. The van der Waals surface area contributed by atoms with Crippen molar-refractivity contribution in [1.82, 2.24) is 15.0 Å². The first kappa shape index (κ1) is 26.2. The zero-order valence-corrected chi connectivity index (χ0v) is 24.9. The van der Waals surface area contributed by atoms with E-state index in [0.717, 1.165) is 33.0 Å². The Morgan fingerprint density at radius 3 is 1.70 bits per heavy atom. The highest BCUT2D eigenvalue weighted by atomic mass is 15.0. The summed E-state index contributed by atoms with van der Waals surface area (Å²) in [5.74, 6) is 1.96. The molecule has 0 aliphatic carbocycles. The minimum atomic E-state index is 0.649. The van der Waals surface area contributed by atoms with E-state index in [1.165, 1.54) is 37.9 Å². The summed E-state index contributed by atoms with van der Waals surface area (Å²) < 4.78 is 0. The van der Waals surface area contributed by atoms with Crippen LogP contribution in [0.15, 0.2) is 164 Å². The lowest BCUT2D eigenvalue weighted by Gasteiger charge is -2.13. The Kier molecular flexibility index (Phi) is 6.14. The van der Waals surface area contributed by atoms with Crippen LogP contribution < -0.4 is 0 Å². The van der Waals surface area contributed by atoms with E-state index in [9.17, 15) is 0 Å². The van der Waals surface area contributed by atoms with Crippen LogP contribution in [0.3, 0.4) is 0 Å². The maximum Gasteiger partial charge on any atom is 0.164 e. The third-order valence-corrected chi connectivity index (χ3v) is 8.90. The monoisotopic (exact) mass is 585 g/mol. The molecule has 0 atom stereocenters. The number of hydrogen-bond donors (Lipinski definition) is 0. The highest BCUT2D eigenvalue weighted by molar-refractivity contribution is 6.22. The molecule has 0 aliphatic rings. The molecule has 0 bridgehead atoms. The molecule has 3 nitrogen and oxygen atoms in total. The summed E-state index contributed by atoms with van der Waals surface area (Å²) in [5, 5.41) is 9.58. The van der Waals surface area contributed by atoms with Crippen LogP contribution in [-0.4, -0.2) is 15.0 Å². The van der Waals surface area contributed by atoms with Gasteiger partial charge < -0.3 is 0 Å². The second-order valence-corrected chi connectivity index (χ2v) is 11.7. The predicted molar refractivity (Wildman–Crippen MR) is 192 cm³/mol. The second-order valence-electron chi connectivity index (χ2n) is 11.7. The van der Waals surface area contributed by atoms with Crippen molar-refractivity contribution in [2.45, 2.75) is 0 Å². The lowest BCUT2D eigenvalue weighted by atomic mass is 9.94. The van der Waals surface area contributed by atoms with E-state index in [2.05, 4.69) is 158 Å². The molecule has 0 N–H and O–H groups in total. The van der Waals surface area contributed by atoms with Gasteiger partial charge in [-0.05, 0) is 60.3 Å². The second kappa shape index (κ2) is 10.8. The van der Waals surface area contributed by atoms with E-state index in [0.29, 0.717) is 17.5 Å². The van der Waals surface area contributed by atoms with Crippen molar-refractivity contribution >= 4 is 43.1 Å². The summed E-state index contributed by atoms with van der Waals surface area (Å²) in [6.07, 6.45) is 0. The van der Waals surface area contributed by atoms with Crippen LogP contribution in [0.25, 0.3) is 88.4 Å². The van der Waals surface area contributed by atoms with Gasteiger partial charge in [-0.15, -0.1) is 0 Å². The van der Waals surface area contributed by atoms with Gasteiger partial charge in [-0.25, -0.2) is 15.0 Å². The van der Waals surface area contributed by atoms with E-state index in [-0.39, 0.29) is 0 Å². The molecule has 0 aliphatic heterocycles. The highest BCUT2D eigenvalue weighted by Gasteiger charge is 2.16. The predicted octanol–water partition coefficient (Wildman–Crippen LogP) is 11.2. The topological polar surface area (TPSA) is 38.7 Å². The number of fused-ring (bicyclic) bond motifs is 6. The average molecular weight is 586 g/mol. The van der Waals surface area contributed by atoms with Crippen LogP contribution in [0.2, 0.25) is 0 Å². The lowest BCUT2D eigenvalue weighted by Crippen LogP contribution is -2.00. The molecule has 0 saturated heterocycles. The van der Waals surface area contributed by atoms with Crippen molar-refractivity contribution in [3.8, 4) is 45.3 Å². The number of rotatable bonds is 4. The smallest absolute Gasteiger partial charge is 0.164 e. The first-order chi connectivity index (χ1) is 22.8. The normalized spacial score (nSPS) is 11.5. The standard InChI is InChI=1S/C43H27N3/c1-2-9-28(10-3-1)30-17-22-33(23-18-30)41-44-42(35-24-19-29-11-4-5-13-34(29)27-35)46-43(45-41)39-16-8-15-38-37(39)26-25-32-21-20-31-12-6-7-14-36(31)40(32)38/h1-27H. The van der Waals surface area contributed by atoms with Crippen molar-refractivity contribution in [3.63, 3.8) is 0 Å². The van der Waals surface area contributed by atoms with E-state index in [4.69, 9.17) is 15.0 Å². The van der Waals surface area contributed by atoms with Crippen LogP contribution in [-0.2, 0) is 0 Å². The first-order valence-corrected chi connectivity index (χ1v) is 15.5. The molecular weight excluding hydrogens is 558 g/mol. The molecular formula is C43H27N3.